The molecule has 0 radical (unpaired) electrons. The molecule has 1 N–H and O–H groups in total. The number of pyridine rings is 1. The zero-order valence-electron chi connectivity index (χ0n) is 10.5. The van der Waals surface area contributed by atoms with Crippen LogP contribution in [0.15, 0.2) is 12.3 Å². The normalized spacial score (nSPS) is 21.9. The molecule has 0 aliphatic carbocycles. The van der Waals surface area contributed by atoms with Crippen LogP contribution in [0.25, 0.3) is 0 Å². The molecule has 0 bridgehead atoms. The first kappa shape index (κ1) is 13.2. The second-order valence-corrected chi connectivity index (χ2v) is 4.46. The van der Waals surface area contributed by atoms with Crippen LogP contribution in [0.2, 0.25) is 0 Å². The van der Waals surface area contributed by atoms with Crippen LogP contribution in [0.3, 0.4) is 0 Å². The van der Waals surface area contributed by atoms with Gasteiger partial charge in [-0.25, -0.2) is 4.98 Å². The quantitative estimate of drug-likeness (QED) is 0.654. The zero-order valence-corrected chi connectivity index (χ0v) is 10.5. The third-order valence-corrected chi connectivity index (χ3v) is 3.27. The number of nitrogens with one attached hydrogen (secondary N) is 1. The number of nitro groups is 1. The fraction of sp³-hybridized carbons (Fsp3) is 0.500. The van der Waals surface area contributed by atoms with Gasteiger partial charge in [-0.2, -0.15) is 5.26 Å². The summed E-state index contributed by atoms with van der Waals surface area (Å²) in [6, 6.07) is 3.14. The number of aromatic nitrogens is 1. The molecule has 1 saturated heterocycles. The maximum Gasteiger partial charge on any atom is 0.289 e. The summed E-state index contributed by atoms with van der Waals surface area (Å²) in [7, 11) is 0. The largest absolute Gasteiger partial charge is 0.378 e. The first-order valence-corrected chi connectivity index (χ1v) is 6.02. The van der Waals surface area contributed by atoms with Gasteiger partial charge in [0.05, 0.1) is 11.0 Å². The van der Waals surface area contributed by atoms with Crippen molar-refractivity contribution in [3.8, 4) is 6.07 Å². The summed E-state index contributed by atoms with van der Waals surface area (Å²) in [5, 5.41) is 22.7. The average molecular weight is 262 g/mol. The molecule has 2 unspecified atom stereocenters. The van der Waals surface area contributed by atoms with Crippen molar-refractivity contribution < 1.29 is 9.66 Å². The van der Waals surface area contributed by atoms with Crippen LogP contribution in [0.4, 0.5) is 11.5 Å². The van der Waals surface area contributed by atoms with E-state index in [1.165, 1.54) is 6.07 Å². The number of anilines is 1. The van der Waals surface area contributed by atoms with E-state index in [9.17, 15) is 10.1 Å². The second kappa shape index (κ2) is 5.63. The van der Waals surface area contributed by atoms with Crippen LogP contribution in [-0.2, 0) is 4.74 Å². The Morgan fingerprint density at radius 1 is 1.74 bits per heavy atom. The molecule has 1 fully saturated rings. The smallest absolute Gasteiger partial charge is 0.289 e. The van der Waals surface area contributed by atoms with Gasteiger partial charge >= 0.3 is 0 Å². The van der Waals surface area contributed by atoms with Crippen LogP contribution < -0.4 is 5.32 Å². The molecule has 1 aliphatic rings. The molecule has 7 nitrogen and oxygen atoms in total. The Morgan fingerprint density at radius 2 is 2.53 bits per heavy atom. The Labute approximate surface area is 110 Å². The summed E-state index contributed by atoms with van der Waals surface area (Å²) < 4.78 is 5.45. The Hall–Kier alpha value is -2.20. The van der Waals surface area contributed by atoms with Gasteiger partial charge in [-0.1, -0.05) is 0 Å². The monoisotopic (exact) mass is 262 g/mol. The highest BCUT2D eigenvalue weighted by molar-refractivity contribution is 5.55. The number of ether oxygens (including phenoxy) is 1. The van der Waals surface area contributed by atoms with Crippen molar-refractivity contribution in [1.82, 2.24) is 4.98 Å². The summed E-state index contributed by atoms with van der Waals surface area (Å²) in [5.74, 6) is 0.746. The van der Waals surface area contributed by atoms with Crippen LogP contribution in [0, 0.1) is 27.4 Å². The minimum Gasteiger partial charge on any atom is -0.378 e. The van der Waals surface area contributed by atoms with E-state index in [-0.39, 0.29) is 17.4 Å². The Kier molecular flexibility index (Phi) is 3.92. The van der Waals surface area contributed by atoms with Crippen molar-refractivity contribution in [3.63, 3.8) is 0 Å². The lowest BCUT2D eigenvalue weighted by atomic mass is 10.0. The molecule has 2 heterocycles. The molecule has 0 spiro atoms. The number of nitrogens with zero attached hydrogens (tertiary/aromatic N) is 3. The first-order chi connectivity index (χ1) is 9.11. The van der Waals surface area contributed by atoms with E-state index in [2.05, 4.69) is 10.3 Å². The number of nitriles is 1. The summed E-state index contributed by atoms with van der Waals surface area (Å²) in [5.41, 5.74) is 0.000404. The van der Waals surface area contributed by atoms with Gasteiger partial charge in [-0.05, 0) is 13.3 Å². The highest BCUT2D eigenvalue weighted by Gasteiger charge is 2.24. The fourth-order valence-corrected chi connectivity index (χ4v) is 2.05. The third kappa shape index (κ3) is 2.98. The Morgan fingerprint density at radius 3 is 3.11 bits per heavy atom. The molecule has 2 atom stereocenters. The second-order valence-electron chi connectivity index (χ2n) is 4.46. The lowest BCUT2D eigenvalue weighted by Crippen LogP contribution is -2.21. The maximum absolute atomic E-state index is 10.6. The van der Waals surface area contributed by atoms with Crippen molar-refractivity contribution >= 4 is 11.5 Å². The number of hydrogen-bond acceptors (Lipinski definition) is 6. The predicted octanol–water partition coefficient (Wildman–Crippen LogP) is 1.70. The number of rotatable bonds is 4. The van der Waals surface area contributed by atoms with E-state index in [0.717, 1.165) is 19.2 Å². The SMILES string of the molecule is CC1OCCC1CNc1ncc([N+](=O)[O-])cc1C#N. The fourth-order valence-electron chi connectivity index (χ4n) is 2.05. The highest BCUT2D eigenvalue weighted by Crippen LogP contribution is 2.22. The van der Waals surface area contributed by atoms with Gasteiger partial charge in [0.25, 0.3) is 5.69 Å². The molecule has 0 aromatic carbocycles. The van der Waals surface area contributed by atoms with Crippen molar-refractivity contribution in [2.75, 3.05) is 18.5 Å². The molecule has 1 aromatic heterocycles. The van der Waals surface area contributed by atoms with E-state index >= 15 is 0 Å². The molecule has 0 amide bonds. The molecular weight excluding hydrogens is 248 g/mol. The summed E-state index contributed by atoms with van der Waals surface area (Å²) in [4.78, 5) is 14.0. The molecule has 0 saturated carbocycles. The highest BCUT2D eigenvalue weighted by atomic mass is 16.6. The van der Waals surface area contributed by atoms with E-state index in [1.807, 2.05) is 13.0 Å². The maximum atomic E-state index is 10.6. The molecule has 1 aromatic rings. The van der Waals surface area contributed by atoms with Crippen molar-refractivity contribution in [3.05, 3.63) is 27.9 Å². The minimum absolute atomic E-state index is 0.177. The molecule has 100 valence electrons. The molecule has 7 heteroatoms. The molecule has 1 aliphatic heterocycles. The van der Waals surface area contributed by atoms with Gasteiger partial charge in [-0.3, -0.25) is 10.1 Å². The molecule has 2 rings (SSSR count). The summed E-state index contributed by atoms with van der Waals surface area (Å²) in [6.07, 6.45) is 2.29. The van der Waals surface area contributed by atoms with E-state index in [4.69, 9.17) is 10.00 Å². The summed E-state index contributed by atoms with van der Waals surface area (Å²) in [6.45, 7) is 3.39. The average Bonchev–Trinajstić information content (AvgIpc) is 2.81. The molecular formula is C12H14N4O3. The van der Waals surface area contributed by atoms with Crippen LogP contribution in [0.5, 0.6) is 0 Å². The van der Waals surface area contributed by atoms with Gasteiger partial charge in [0, 0.05) is 25.1 Å². The molecule has 19 heavy (non-hydrogen) atoms. The first-order valence-electron chi connectivity index (χ1n) is 6.02. The van der Waals surface area contributed by atoms with Crippen molar-refractivity contribution in [2.45, 2.75) is 19.4 Å². The van der Waals surface area contributed by atoms with Gasteiger partial charge in [0.2, 0.25) is 0 Å². The third-order valence-electron chi connectivity index (χ3n) is 3.27. The van der Waals surface area contributed by atoms with Crippen molar-refractivity contribution in [2.24, 2.45) is 5.92 Å². The topological polar surface area (TPSA) is 101 Å². The zero-order chi connectivity index (χ0) is 13.8. The van der Waals surface area contributed by atoms with Crippen molar-refractivity contribution in [1.29, 1.82) is 5.26 Å². The van der Waals surface area contributed by atoms with E-state index < -0.39 is 4.92 Å². The van der Waals surface area contributed by atoms with Gasteiger partial charge in [0.1, 0.15) is 23.6 Å². The number of hydrogen-bond donors (Lipinski definition) is 1. The predicted molar refractivity (Wildman–Crippen MR) is 67.6 cm³/mol. The van der Waals surface area contributed by atoms with Crippen LogP contribution >= 0.6 is 0 Å². The Balaban J connectivity index is 2.08. The lowest BCUT2D eigenvalue weighted by Gasteiger charge is -2.15. The van der Waals surface area contributed by atoms with Crippen LogP contribution in [-0.4, -0.2) is 29.2 Å². The lowest BCUT2D eigenvalue weighted by molar-refractivity contribution is -0.385. The van der Waals surface area contributed by atoms with E-state index in [0.29, 0.717) is 18.3 Å². The van der Waals surface area contributed by atoms with Gasteiger partial charge in [-0.15, -0.1) is 0 Å². The minimum atomic E-state index is -0.565. The van der Waals surface area contributed by atoms with E-state index in [1.54, 1.807) is 0 Å². The van der Waals surface area contributed by atoms with Crippen LogP contribution in [0.1, 0.15) is 18.9 Å². The Bertz CT molecular complexity index is 526. The summed E-state index contributed by atoms with van der Waals surface area (Å²) >= 11 is 0. The van der Waals surface area contributed by atoms with Gasteiger partial charge < -0.3 is 10.1 Å². The van der Waals surface area contributed by atoms with Gasteiger partial charge in [0.15, 0.2) is 0 Å². The standard InChI is InChI=1S/C12H14N4O3/c1-8-9(2-3-19-8)6-14-12-10(5-13)4-11(7-15-12)16(17)18/h4,7-9H,2-3,6H2,1H3,(H,14,15).